The van der Waals surface area contributed by atoms with E-state index in [9.17, 15) is 18.0 Å². The Bertz CT molecular complexity index is 954. The number of fused-ring (bicyclic) bond motifs is 2. The van der Waals surface area contributed by atoms with Gasteiger partial charge >= 0.3 is 5.97 Å². The molecule has 0 aromatic heterocycles. The lowest BCUT2D eigenvalue weighted by atomic mass is 9.70. The van der Waals surface area contributed by atoms with Gasteiger partial charge in [0, 0.05) is 6.42 Å². The van der Waals surface area contributed by atoms with Crippen molar-refractivity contribution < 1.29 is 32.2 Å². The van der Waals surface area contributed by atoms with E-state index in [1.165, 1.54) is 33.5 Å². The molecule has 1 aromatic carbocycles. The number of nitrogens with one attached hydrogen (secondary N) is 1. The highest BCUT2D eigenvalue weighted by Crippen LogP contribution is 2.64. The van der Waals surface area contributed by atoms with E-state index in [2.05, 4.69) is 4.72 Å². The quantitative estimate of drug-likeness (QED) is 0.669. The van der Waals surface area contributed by atoms with Gasteiger partial charge in [0.2, 0.25) is 10.0 Å². The molecule has 2 bridgehead atoms. The van der Waals surface area contributed by atoms with E-state index in [0.29, 0.717) is 12.8 Å². The molecule has 0 saturated heterocycles. The monoisotopic (exact) mass is 425 g/mol. The molecule has 9 heteroatoms. The number of ketones is 1. The highest BCUT2D eigenvalue weighted by molar-refractivity contribution is 7.92. The maximum absolute atomic E-state index is 13.2. The summed E-state index contributed by atoms with van der Waals surface area (Å²) in [6, 6.07) is 2.90. The summed E-state index contributed by atoms with van der Waals surface area (Å²) in [7, 11) is -0.0362. The Morgan fingerprint density at radius 1 is 1.21 bits per heavy atom. The van der Waals surface area contributed by atoms with Crippen LogP contribution in [0.25, 0.3) is 0 Å². The number of anilines is 1. The zero-order valence-electron chi connectivity index (χ0n) is 17.3. The zero-order valence-corrected chi connectivity index (χ0v) is 18.1. The van der Waals surface area contributed by atoms with Gasteiger partial charge in [-0.05, 0) is 36.3 Å². The maximum atomic E-state index is 13.2. The summed E-state index contributed by atoms with van der Waals surface area (Å²) in [5.41, 5.74) is -1.23. The summed E-state index contributed by atoms with van der Waals surface area (Å²) in [5.74, 6) is -0.593. The predicted octanol–water partition coefficient (Wildman–Crippen LogP) is 2.63. The molecule has 2 atom stereocenters. The van der Waals surface area contributed by atoms with Gasteiger partial charge < -0.3 is 14.2 Å². The van der Waals surface area contributed by atoms with Crippen molar-refractivity contribution in [2.45, 2.75) is 33.1 Å². The summed E-state index contributed by atoms with van der Waals surface area (Å²) in [5, 5.41) is 0. The van der Waals surface area contributed by atoms with Gasteiger partial charge in [0.1, 0.15) is 22.8 Å². The molecule has 0 heterocycles. The lowest BCUT2D eigenvalue weighted by molar-refractivity contribution is -0.128. The van der Waals surface area contributed by atoms with Gasteiger partial charge in [0.05, 0.1) is 32.5 Å². The minimum absolute atomic E-state index is 0.00131. The minimum atomic E-state index is -3.96. The van der Waals surface area contributed by atoms with E-state index >= 15 is 0 Å². The van der Waals surface area contributed by atoms with E-state index in [0.717, 1.165) is 6.42 Å². The van der Waals surface area contributed by atoms with Crippen LogP contribution in [-0.2, 0) is 19.6 Å². The van der Waals surface area contributed by atoms with Crippen molar-refractivity contribution in [2.24, 2.45) is 16.7 Å². The van der Waals surface area contributed by atoms with E-state index in [1.54, 1.807) is 0 Å². The molecule has 2 saturated carbocycles. The van der Waals surface area contributed by atoms with Gasteiger partial charge in [-0.3, -0.25) is 9.52 Å². The molecule has 160 valence electrons. The molecule has 29 heavy (non-hydrogen) atoms. The summed E-state index contributed by atoms with van der Waals surface area (Å²) in [6.45, 7) is 3.95. The van der Waals surface area contributed by atoms with Crippen LogP contribution in [0.15, 0.2) is 12.1 Å². The van der Waals surface area contributed by atoms with Crippen molar-refractivity contribution in [1.29, 1.82) is 0 Å². The number of esters is 1. The van der Waals surface area contributed by atoms with Crippen LogP contribution in [0, 0.1) is 16.7 Å². The summed E-state index contributed by atoms with van der Waals surface area (Å²) in [4.78, 5) is 24.8. The predicted molar refractivity (Wildman–Crippen MR) is 107 cm³/mol. The lowest BCUT2D eigenvalue weighted by Gasteiger charge is -2.36. The first-order valence-corrected chi connectivity index (χ1v) is 11.1. The molecule has 0 aliphatic heterocycles. The molecule has 2 aliphatic carbocycles. The number of carbonyl (C=O) groups is 2. The van der Waals surface area contributed by atoms with Gasteiger partial charge in [0.15, 0.2) is 5.75 Å². The zero-order chi connectivity index (χ0) is 21.6. The van der Waals surface area contributed by atoms with Crippen molar-refractivity contribution in [3.63, 3.8) is 0 Å². The van der Waals surface area contributed by atoms with Gasteiger partial charge in [0.25, 0.3) is 0 Å². The molecule has 2 fully saturated rings. The van der Waals surface area contributed by atoms with E-state index in [1.807, 2.05) is 13.8 Å². The molecule has 2 aliphatic rings. The van der Waals surface area contributed by atoms with Crippen LogP contribution in [-0.4, -0.2) is 47.3 Å². The molecule has 0 radical (unpaired) electrons. The van der Waals surface area contributed by atoms with Crippen LogP contribution in [0.4, 0.5) is 5.69 Å². The Balaban J connectivity index is 2.01. The fourth-order valence-electron chi connectivity index (χ4n) is 4.94. The van der Waals surface area contributed by atoms with Crippen molar-refractivity contribution in [3.05, 3.63) is 17.7 Å². The van der Waals surface area contributed by atoms with Gasteiger partial charge in [-0.15, -0.1) is 0 Å². The largest absolute Gasteiger partial charge is 0.494 e. The van der Waals surface area contributed by atoms with E-state index in [4.69, 9.17) is 14.2 Å². The van der Waals surface area contributed by atoms with Crippen molar-refractivity contribution >= 4 is 27.5 Å². The van der Waals surface area contributed by atoms with Crippen molar-refractivity contribution in [2.75, 3.05) is 31.8 Å². The van der Waals surface area contributed by atoms with Gasteiger partial charge in [-0.25, -0.2) is 13.2 Å². The number of rotatable bonds is 7. The average molecular weight is 426 g/mol. The Morgan fingerprint density at radius 3 is 2.38 bits per heavy atom. The Labute approximate surface area is 171 Å². The first kappa shape index (κ1) is 21.4. The minimum Gasteiger partial charge on any atom is -0.494 e. The smallest absolute Gasteiger partial charge is 0.341 e. The Morgan fingerprint density at radius 2 is 1.90 bits per heavy atom. The van der Waals surface area contributed by atoms with Crippen molar-refractivity contribution in [3.8, 4) is 11.5 Å². The average Bonchev–Trinajstić information content (AvgIpc) is 3.00. The van der Waals surface area contributed by atoms with Crippen LogP contribution >= 0.6 is 0 Å². The lowest BCUT2D eigenvalue weighted by Crippen LogP contribution is -2.43. The number of carbonyl (C=O) groups excluding carboxylic acids is 2. The third-order valence-corrected chi connectivity index (χ3v) is 8.17. The molecule has 3 rings (SSSR count). The molecule has 8 nitrogen and oxygen atoms in total. The number of ether oxygens (including phenoxy) is 3. The van der Waals surface area contributed by atoms with Crippen LogP contribution in [0.1, 0.15) is 43.5 Å². The molecule has 1 N–H and O–H groups in total. The fraction of sp³-hybridized carbons (Fsp3) is 0.600. The third-order valence-electron chi connectivity index (χ3n) is 6.78. The number of benzene rings is 1. The molecular formula is C20H27NO7S. The third kappa shape index (κ3) is 3.25. The maximum Gasteiger partial charge on any atom is 0.341 e. The number of sulfonamides is 1. The summed E-state index contributed by atoms with van der Waals surface area (Å²) in [6.07, 6.45) is 1.83. The highest BCUT2D eigenvalue weighted by atomic mass is 32.2. The molecule has 0 amide bonds. The first-order chi connectivity index (χ1) is 13.5. The Kier molecular flexibility index (Phi) is 5.31. The first-order valence-electron chi connectivity index (χ1n) is 9.40. The van der Waals surface area contributed by atoms with Crippen LogP contribution in [0.2, 0.25) is 0 Å². The SMILES string of the molecule is COC(=O)c1ccc(OC)c(NS(=O)(=O)CC23CCC(CC2=O)C3(C)C)c1OC. The highest BCUT2D eigenvalue weighted by Gasteiger charge is 2.65. The van der Waals surface area contributed by atoms with Gasteiger partial charge in [-0.1, -0.05) is 13.8 Å². The number of hydrogen-bond acceptors (Lipinski definition) is 7. The fourth-order valence-corrected chi connectivity index (χ4v) is 6.84. The number of hydrogen-bond donors (Lipinski definition) is 1. The number of methoxy groups -OCH3 is 3. The number of Topliss-reactive ketones (excluding diaryl/α,β-unsaturated/α-hetero) is 1. The Hall–Kier alpha value is -2.29. The van der Waals surface area contributed by atoms with E-state index < -0.39 is 21.4 Å². The second kappa shape index (κ2) is 7.19. The molecular weight excluding hydrogens is 398 g/mol. The molecule has 1 aromatic rings. The van der Waals surface area contributed by atoms with Crippen LogP contribution in [0.5, 0.6) is 11.5 Å². The second-order valence-electron chi connectivity index (χ2n) is 8.24. The normalized spacial score (nSPS) is 25.0. The molecule has 0 spiro atoms. The molecule has 2 unspecified atom stereocenters. The second-order valence-corrected chi connectivity index (χ2v) is 9.97. The summed E-state index contributed by atoms with van der Waals surface area (Å²) >= 11 is 0. The standard InChI is InChI=1S/C20H27NO7S/c1-19(2)12-8-9-20(19,15(22)10-12)11-29(24,25)21-16-14(26-3)7-6-13(17(16)27-4)18(23)28-5/h6-7,12,21H,8-11H2,1-5H3. The topological polar surface area (TPSA) is 108 Å². The van der Waals surface area contributed by atoms with Crippen molar-refractivity contribution in [1.82, 2.24) is 0 Å². The summed E-state index contributed by atoms with van der Waals surface area (Å²) < 4.78 is 44.2. The van der Waals surface area contributed by atoms with E-state index in [-0.39, 0.29) is 45.6 Å². The van der Waals surface area contributed by atoms with Crippen LogP contribution in [0.3, 0.4) is 0 Å². The van der Waals surface area contributed by atoms with Crippen LogP contribution < -0.4 is 14.2 Å². The van der Waals surface area contributed by atoms with Gasteiger partial charge in [-0.2, -0.15) is 0 Å².